The maximum absolute atomic E-state index is 14.2. The van der Waals surface area contributed by atoms with Gasteiger partial charge in [-0.2, -0.15) is 0 Å². The zero-order valence-corrected chi connectivity index (χ0v) is 13.5. The molecule has 5 heteroatoms. The smallest absolute Gasteiger partial charge is 0.225 e. The summed E-state index contributed by atoms with van der Waals surface area (Å²) >= 11 is 0. The lowest BCUT2D eigenvalue weighted by Crippen LogP contribution is -2.48. The first-order valence-electron chi connectivity index (χ1n) is 8.30. The standard InChI is InChI=1S/C18H23FN4/c1-2-6-17(15-7-3-4-8-16(15)19)22-11-13-23(14-12-22)18-20-9-5-10-21-18/h3-5,7-10,17H,2,6,11-14H2,1H3. The zero-order valence-electron chi connectivity index (χ0n) is 13.5. The van der Waals surface area contributed by atoms with Crippen LogP contribution in [0.15, 0.2) is 42.7 Å². The number of aromatic nitrogens is 2. The van der Waals surface area contributed by atoms with E-state index in [1.807, 2.05) is 18.2 Å². The van der Waals surface area contributed by atoms with Crippen LogP contribution in [0.4, 0.5) is 10.3 Å². The number of nitrogens with zero attached hydrogens (tertiary/aromatic N) is 4. The minimum atomic E-state index is -0.0974. The Kier molecular flexibility index (Phi) is 5.18. The number of anilines is 1. The molecule has 1 atom stereocenters. The largest absolute Gasteiger partial charge is 0.338 e. The van der Waals surface area contributed by atoms with Crippen molar-refractivity contribution in [2.45, 2.75) is 25.8 Å². The summed E-state index contributed by atoms with van der Waals surface area (Å²) in [5, 5.41) is 0. The summed E-state index contributed by atoms with van der Waals surface area (Å²) < 4.78 is 14.2. The van der Waals surface area contributed by atoms with E-state index in [9.17, 15) is 4.39 Å². The molecule has 1 aliphatic rings. The van der Waals surface area contributed by atoms with Crippen molar-refractivity contribution in [3.63, 3.8) is 0 Å². The summed E-state index contributed by atoms with van der Waals surface area (Å²) in [5.74, 6) is 0.685. The Morgan fingerprint density at radius 2 is 1.74 bits per heavy atom. The van der Waals surface area contributed by atoms with Gasteiger partial charge in [0, 0.05) is 50.2 Å². The third-order valence-electron chi connectivity index (χ3n) is 4.42. The molecular formula is C18H23FN4. The molecule has 1 aromatic heterocycles. The molecule has 1 aliphatic heterocycles. The van der Waals surface area contributed by atoms with Gasteiger partial charge in [0.25, 0.3) is 0 Å². The second-order valence-corrected chi connectivity index (χ2v) is 5.90. The molecule has 0 amide bonds. The number of hydrogen-bond donors (Lipinski definition) is 0. The topological polar surface area (TPSA) is 32.3 Å². The molecule has 0 aliphatic carbocycles. The van der Waals surface area contributed by atoms with E-state index in [-0.39, 0.29) is 11.9 Å². The van der Waals surface area contributed by atoms with E-state index in [0.29, 0.717) is 0 Å². The van der Waals surface area contributed by atoms with E-state index in [0.717, 1.165) is 50.5 Å². The van der Waals surface area contributed by atoms with Gasteiger partial charge in [0.15, 0.2) is 0 Å². The van der Waals surface area contributed by atoms with Crippen molar-refractivity contribution in [1.82, 2.24) is 14.9 Å². The molecule has 3 rings (SSSR count). The van der Waals surface area contributed by atoms with Gasteiger partial charge in [-0.15, -0.1) is 0 Å². The first kappa shape index (κ1) is 15.9. The molecule has 4 nitrogen and oxygen atoms in total. The van der Waals surface area contributed by atoms with Crippen molar-refractivity contribution in [3.8, 4) is 0 Å². The maximum atomic E-state index is 14.2. The summed E-state index contributed by atoms with van der Waals surface area (Å²) in [5.41, 5.74) is 0.818. The van der Waals surface area contributed by atoms with Crippen molar-refractivity contribution in [2.24, 2.45) is 0 Å². The second kappa shape index (κ2) is 7.51. The summed E-state index contributed by atoms with van der Waals surface area (Å²) in [6, 6.07) is 9.14. The van der Waals surface area contributed by atoms with Crippen LogP contribution in [0.25, 0.3) is 0 Å². The molecule has 2 heterocycles. The molecule has 1 unspecified atom stereocenters. The number of hydrogen-bond acceptors (Lipinski definition) is 4. The summed E-state index contributed by atoms with van der Waals surface area (Å²) in [6.45, 7) is 5.70. The van der Waals surface area contributed by atoms with Gasteiger partial charge >= 0.3 is 0 Å². The predicted molar refractivity (Wildman–Crippen MR) is 89.9 cm³/mol. The molecule has 1 fully saturated rings. The lowest BCUT2D eigenvalue weighted by Gasteiger charge is -2.39. The minimum absolute atomic E-state index is 0.0974. The van der Waals surface area contributed by atoms with Crippen molar-refractivity contribution >= 4 is 5.95 Å². The lowest BCUT2D eigenvalue weighted by atomic mass is 9.99. The van der Waals surface area contributed by atoms with Crippen LogP contribution in [0.2, 0.25) is 0 Å². The van der Waals surface area contributed by atoms with E-state index in [1.165, 1.54) is 0 Å². The molecule has 1 aromatic carbocycles. The summed E-state index contributed by atoms with van der Waals surface area (Å²) in [6.07, 6.45) is 5.56. The highest BCUT2D eigenvalue weighted by atomic mass is 19.1. The minimum Gasteiger partial charge on any atom is -0.338 e. The molecular weight excluding hydrogens is 291 g/mol. The number of rotatable bonds is 5. The SMILES string of the molecule is CCCC(c1ccccc1F)N1CCN(c2ncccn2)CC1. The van der Waals surface area contributed by atoms with Crippen molar-refractivity contribution in [2.75, 3.05) is 31.1 Å². The Labute approximate surface area is 137 Å². The molecule has 0 radical (unpaired) electrons. The highest BCUT2D eigenvalue weighted by Crippen LogP contribution is 2.29. The highest BCUT2D eigenvalue weighted by molar-refractivity contribution is 5.29. The number of benzene rings is 1. The van der Waals surface area contributed by atoms with Crippen LogP contribution in [0, 0.1) is 5.82 Å². The van der Waals surface area contributed by atoms with Crippen LogP contribution < -0.4 is 4.90 Å². The second-order valence-electron chi connectivity index (χ2n) is 5.90. The Morgan fingerprint density at radius 1 is 1.04 bits per heavy atom. The predicted octanol–water partition coefficient (Wildman–Crippen LogP) is 3.28. The van der Waals surface area contributed by atoms with E-state index in [2.05, 4.69) is 26.7 Å². The maximum Gasteiger partial charge on any atom is 0.225 e. The van der Waals surface area contributed by atoms with E-state index < -0.39 is 0 Å². The molecule has 0 spiro atoms. The average Bonchev–Trinajstić information content (AvgIpc) is 2.61. The monoisotopic (exact) mass is 314 g/mol. The fraction of sp³-hybridized carbons (Fsp3) is 0.444. The molecule has 0 saturated carbocycles. The van der Waals surface area contributed by atoms with Gasteiger partial charge in [-0.25, -0.2) is 14.4 Å². The van der Waals surface area contributed by atoms with E-state index in [4.69, 9.17) is 0 Å². The quantitative estimate of drug-likeness (QED) is 0.848. The first-order chi connectivity index (χ1) is 11.3. The lowest BCUT2D eigenvalue weighted by molar-refractivity contribution is 0.172. The third kappa shape index (κ3) is 3.67. The van der Waals surface area contributed by atoms with Gasteiger partial charge in [0.2, 0.25) is 5.95 Å². The molecule has 23 heavy (non-hydrogen) atoms. The van der Waals surface area contributed by atoms with Crippen molar-refractivity contribution < 1.29 is 4.39 Å². The Balaban J connectivity index is 1.70. The van der Waals surface area contributed by atoms with Crippen LogP contribution in [-0.2, 0) is 0 Å². The molecule has 0 bridgehead atoms. The normalized spacial score (nSPS) is 17.2. The van der Waals surface area contributed by atoms with Crippen molar-refractivity contribution in [1.29, 1.82) is 0 Å². The Hall–Kier alpha value is -2.01. The average molecular weight is 314 g/mol. The zero-order chi connectivity index (χ0) is 16.1. The number of halogens is 1. The van der Waals surface area contributed by atoms with Crippen LogP contribution >= 0.6 is 0 Å². The van der Waals surface area contributed by atoms with E-state index in [1.54, 1.807) is 24.5 Å². The van der Waals surface area contributed by atoms with Gasteiger partial charge in [0.05, 0.1) is 0 Å². The fourth-order valence-corrected chi connectivity index (χ4v) is 3.24. The first-order valence-corrected chi connectivity index (χ1v) is 8.30. The van der Waals surface area contributed by atoms with Crippen LogP contribution in [-0.4, -0.2) is 41.0 Å². The van der Waals surface area contributed by atoms with Crippen LogP contribution in [0.3, 0.4) is 0 Å². The van der Waals surface area contributed by atoms with Gasteiger partial charge in [-0.3, -0.25) is 4.90 Å². The Morgan fingerprint density at radius 3 is 2.39 bits per heavy atom. The van der Waals surface area contributed by atoms with Gasteiger partial charge < -0.3 is 4.90 Å². The summed E-state index contributed by atoms with van der Waals surface area (Å²) in [4.78, 5) is 13.2. The van der Waals surface area contributed by atoms with Crippen LogP contribution in [0.5, 0.6) is 0 Å². The highest BCUT2D eigenvalue weighted by Gasteiger charge is 2.26. The molecule has 0 N–H and O–H groups in total. The van der Waals surface area contributed by atoms with Crippen LogP contribution in [0.1, 0.15) is 31.4 Å². The van der Waals surface area contributed by atoms with Gasteiger partial charge in [0.1, 0.15) is 5.82 Å². The Bertz CT molecular complexity index is 611. The van der Waals surface area contributed by atoms with Gasteiger partial charge in [-0.1, -0.05) is 31.5 Å². The third-order valence-corrected chi connectivity index (χ3v) is 4.42. The van der Waals surface area contributed by atoms with Crippen molar-refractivity contribution in [3.05, 3.63) is 54.1 Å². The molecule has 122 valence electrons. The fourth-order valence-electron chi connectivity index (χ4n) is 3.24. The number of piperazine rings is 1. The van der Waals surface area contributed by atoms with E-state index >= 15 is 0 Å². The summed E-state index contributed by atoms with van der Waals surface area (Å²) in [7, 11) is 0. The van der Waals surface area contributed by atoms with Gasteiger partial charge in [-0.05, 0) is 18.6 Å². The molecule has 2 aromatic rings. The molecule has 1 saturated heterocycles.